The van der Waals surface area contributed by atoms with Gasteiger partial charge in [-0.05, 0) is 46.0 Å². The Kier molecular flexibility index (Phi) is 5.23. The van der Waals surface area contributed by atoms with Crippen LogP contribution in [0.3, 0.4) is 0 Å². The monoisotopic (exact) mass is 431 g/mol. The Hall–Kier alpha value is -2.58. The zero-order chi connectivity index (χ0) is 21.6. The van der Waals surface area contributed by atoms with Gasteiger partial charge in [0.1, 0.15) is 11.9 Å². The summed E-state index contributed by atoms with van der Waals surface area (Å²) in [5.74, 6) is -0.499. The standard InChI is InChI=1S/C21H26ClN5O3/c1-21(2,3)30-19(28)18-17-12-26(20(29)25-9-7-24(4)8-10-25)16-11-14(22)5-6-15(16)27(17)13-23-18/h5-6,11,13H,7-10,12H2,1-4H3. The van der Waals surface area contributed by atoms with Gasteiger partial charge >= 0.3 is 12.0 Å². The van der Waals surface area contributed by atoms with Gasteiger partial charge in [-0.15, -0.1) is 0 Å². The molecule has 0 aliphatic carbocycles. The number of aromatic nitrogens is 2. The minimum Gasteiger partial charge on any atom is -0.455 e. The van der Waals surface area contributed by atoms with Crippen molar-refractivity contribution in [2.75, 3.05) is 38.1 Å². The van der Waals surface area contributed by atoms with Crippen LogP contribution in [-0.2, 0) is 11.3 Å². The molecule has 8 nitrogen and oxygen atoms in total. The summed E-state index contributed by atoms with van der Waals surface area (Å²) in [6.07, 6.45) is 1.60. The van der Waals surface area contributed by atoms with Gasteiger partial charge in [-0.2, -0.15) is 0 Å². The highest BCUT2D eigenvalue weighted by molar-refractivity contribution is 6.31. The van der Waals surface area contributed by atoms with E-state index in [-0.39, 0.29) is 18.3 Å². The maximum absolute atomic E-state index is 13.4. The van der Waals surface area contributed by atoms with Crippen LogP contribution in [0.15, 0.2) is 24.5 Å². The molecule has 0 saturated carbocycles. The van der Waals surface area contributed by atoms with E-state index in [0.29, 0.717) is 29.5 Å². The number of esters is 1. The van der Waals surface area contributed by atoms with Crippen LogP contribution in [0.2, 0.25) is 5.02 Å². The van der Waals surface area contributed by atoms with E-state index in [0.717, 1.165) is 18.8 Å². The van der Waals surface area contributed by atoms with Crippen LogP contribution in [0.4, 0.5) is 10.5 Å². The van der Waals surface area contributed by atoms with Gasteiger partial charge in [0, 0.05) is 31.2 Å². The summed E-state index contributed by atoms with van der Waals surface area (Å²) in [4.78, 5) is 36.2. The van der Waals surface area contributed by atoms with Crippen molar-refractivity contribution in [1.29, 1.82) is 0 Å². The lowest BCUT2D eigenvalue weighted by atomic mass is 10.1. The lowest BCUT2D eigenvalue weighted by Crippen LogP contribution is -2.52. The largest absolute Gasteiger partial charge is 0.455 e. The minimum atomic E-state index is -0.636. The number of benzene rings is 1. The van der Waals surface area contributed by atoms with E-state index in [4.69, 9.17) is 16.3 Å². The molecule has 4 rings (SSSR count). The topological polar surface area (TPSA) is 70.9 Å². The summed E-state index contributed by atoms with van der Waals surface area (Å²) >= 11 is 6.25. The summed E-state index contributed by atoms with van der Waals surface area (Å²) in [6.45, 7) is 8.61. The fraction of sp³-hybridized carbons (Fsp3) is 0.476. The molecule has 0 N–H and O–H groups in total. The number of amides is 2. The maximum atomic E-state index is 13.4. The zero-order valence-electron chi connectivity index (χ0n) is 17.7. The molecule has 0 radical (unpaired) electrons. The third-order valence-corrected chi connectivity index (χ3v) is 5.49. The number of carbonyl (C=O) groups is 2. The van der Waals surface area contributed by atoms with Gasteiger partial charge in [0.25, 0.3) is 0 Å². The first kappa shape index (κ1) is 20.7. The number of rotatable bonds is 1. The number of imidazole rings is 1. The zero-order valence-corrected chi connectivity index (χ0v) is 18.4. The Morgan fingerprint density at radius 2 is 1.80 bits per heavy atom. The van der Waals surface area contributed by atoms with Crippen LogP contribution in [0.5, 0.6) is 0 Å². The molecule has 2 aromatic rings. The summed E-state index contributed by atoms with van der Waals surface area (Å²) in [6, 6.07) is 5.28. The van der Waals surface area contributed by atoms with E-state index in [2.05, 4.69) is 9.88 Å². The van der Waals surface area contributed by atoms with Crippen molar-refractivity contribution in [3.63, 3.8) is 0 Å². The number of hydrogen-bond donors (Lipinski definition) is 0. The highest BCUT2D eigenvalue weighted by atomic mass is 35.5. The Labute approximate surface area is 181 Å². The van der Waals surface area contributed by atoms with Crippen molar-refractivity contribution in [2.45, 2.75) is 32.9 Å². The minimum absolute atomic E-state index is 0.103. The normalized spacial score (nSPS) is 16.8. The number of fused-ring (bicyclic) bond motifs is 3. The molecule has 0 unspecified atom stereocenters. The average Bonchev–Trinajstić information content (AvgIpc) is 3.10. The Morgan fingerprint density at radius 1 is 1.10 bits per heavy atom. The highest BCUT2D eigenvalue weighted by Gasteiger charge is 2.35. The number of hydrogen-bond acceptors (Lipinski definition) is 5. The Morgan fingerprint density at radius 3 is 2.47 bits per heavy atom. The number of carbonyl (C=O) groups excluding carboxylic acids is 2. The van der Waals surface area contributed by atoms with Crippen LogP contribution in [-0.4, -0.2) is 70.2 Å². The first-order valence-electron chi connectivity index (χ1n) is 9.98. The fourth-order valence-electron chi connectivity index (χ4n) is 3.72. The molecule has 160 valence electrons. The van der Waals surface area contributed by atoms with Crippen LogP contribution < -0.4 is 4.90 Å². The quantitative estimate of drug-likeness (QED) is 0.648. The molecule has 2 aliphatic rings. The van der Waals surface area contributed by atoms with E-state index in [1.54, 1.807) is 23.4 Å². The van der Waals surface area contributed by atoms with E-state index >= 15 is 0 Å². The molecular weight excluding hydrogens is 406 g/mol. The molecule has 0 spiro atoms. The van der Waals surface area contributed by atoms with Gasteiger partial charge < -0.3 is 14.5 Å². The fourth-order valence-corrected chi connectivity index (χ4v) is 3.89. The molecule has 1 saturated heterocycles. The van der Waals surface area contributed by atoms with Crippen molar-refractivity contribution in [2.24, 2.45) is 0 Å². The third-order valence-electron chi connectivity index (χ3n) is 5.26. The summed E-state index contributed by atoms with van der Waals surface area (Å²) in [5, 5.41) is 0.542. The van der Waals surface area contributed by atoms with Crippen molar-refractivity contribution >= 4 is 29.3 Å². The number of piperazine rings is 1. The predicted molar refractivity (Wildman–Crippen MR) is 114 cm³/mol. The maximum Gasteiger partial charge on any atom is 0.359 e. The van der Waals surface area contributed by atoms with Crippen molar-refractivity contribution in [3.8, 4) is 5.69 Å². The van der Waals surface area contributed by atoms with Crippen LogP contribution in [0.25, 0.3) is 5.69 Å². The molecule has 9 heteroatoms. The van der Waals surface area contributed by atoms with Gasteiger partial charge in [0.05, 0.1) is 23.6 Å². The molecule has 1 aromatic carbocycles. The van der Waals surface area contributed by atoms with Crippen LogP contribution in [0.1, 0.15) is 37.0 Å². The molecule has 30 heavy (non-hydrogen) atoms. The molecular formula is C21H26ClN5O3. The van der Waals surface area contributed by atoms with Gasteiger partial charge in [-0.1, -0.05) is 11.6 Å². The van der Waals surface area contributed by atoms with Gasteiger partial charge in [0.15, 0.2) is 5.69 Å². The van der Waals surface area contributed by atoms with E-state index < -0.39 is 11.6 Å². The van der Waals surface area contributed by atoms with E-state index in [1.807, 2.05) is 43.4 Å². The number of nitrogens with zero attached hydrogens (tertiary/aromatic N) is 5. The third kappa shape index (κ3) is 3.89. The van der Waals surface area contributed by atoms with Gasteiger partial charge in [0.2, 0.25) is 0 Å². The van der Waals surface area contributed by atoms with Crippen molar-refractivity contribution in [1.82, 2.24) is 19.4 Å². The second-order valence-corrected chi connectivity index (χ2v) is 9.14. The van der Waals surface area contributed by atoms with Crippen LogP contribution in [0, 0.1) is 0 Å². The second kappa shape index (κ2) is 7.59. The number of ether oxygens (including phenoxy) is 1. The summed E-state index contributed by atoms with van der Waals surface area (Å²) in [7, 11) is 2.05. The predicted octanol–water partition coefficient (Wildman–Crippen LogP) is 3.17. The molecule has 2 aliphatic heterocycles. The average molecular weight is 432 g/mol. The van der Waals surface area contributed by atoms with Gasteiger partial charge in [-0.25, -0.2) is 14.6 Å². The number of halogens is 1. The van der Waals surface area contributed by atoms with E-state index in [1.165, 1.54) is 0 Å². The smallest absolute Gasteiger partial charge is 0.359 e. The first-order valence-corrected chi connectivity index (χ1v) is 10.4. The molecule has 3 heterocycles. The van der Waals surface area contributed by atoms with Crippen molar-refractivity contribution < 1.29 is 14.3 Å². The highest BCUT2D eigenvalue weighted by Crippen LogP contribution is 2.36. The Bertz CT molecular complexity index is 989. The summed E-state index contributed by atoms with van der Waals surface area (Å²) in [5.41, 5.74) is 1.67. The molecule has 0 atom stereocenters. The first-order chi connectivity index (χ1) is 14.1. The molecule has 1 fully saturated rings. The number of urea groups is 1. The lowest BCUT2D eigenvalue weighted by Gasteiger charge is -2.38. The SMILES string of the molecule is CN1CCN(C(=O)N2Cc3c(C(=O)OC(C)(C)C)ncn3-c3ccc(Cl)cc32)CC1. The van der Waals surface area contributed by atoms with Gasteiger partial charge in [-0.3, -0.25) is 9.47 Å². The molecule has 1 aromatic heterocycles. The second-order valence-electron chi connectivity index (χ2n) is 8.70. The van der Waals surface area contributed by atoms with E-state index in [9.17, 15) is 9.59 Å². The Balaban J connectivity index is 1.72. The van der Waals surface area contributed by atoms with Crippen molar-refractivity contribution in [3.05, 3.63) is 40.9 Å². The number of anilines is 1. The molecule has 2 amide bonds. The number of likely N-dealkylation sites (N-methyl/N-ethyl adjacent to an activating group) is 1. The summed E-state index contributed by atoms with van der Waals surface area (Å²) < 4.78 is 7.36. The lowest BCUT2D eigenvalue weighted by molar-refractivity contribution is 0.00619. The van der Waals surface area contributed by atoms with Crippen LogP contribution >= 0.6 is 11.6 Å². The molecule has 0 bridgehead atoms.